The Kier molecular flexibility index (Phi) is 9.39. The van der Waals surface area contributed by atoms with Crippen LogP contribution in [-0.4, -0.2) is 24.5 Å². The fraction of sp³-hybridized carbons (Fsp3) is 0. The average Bonchev–Trinajstić information content (AvgIpc) is 3.97. The van der Waals surface area contributed by atoms with Gasteiger partial charge >= 0.3 is 0 Å². The van der Waals surface area contributed by atoms with Gasteiger partial charge < -0.3 is 8.98 Å². The molecule has 0 aliphatic rings. The number of para-hydroxylation sites is 2. The summed E-state index contributed by atoms with van der Waals surface area (Å²) in [6.45, 7) is 0. The Labute approximate surface area is 392 Å². The molecule has 0 amide bonds. The molecule has 4 aromatic heterocycles. The standard InChI is InChI=1S/C62H39N5O/c1-6-18-40(19-7-1)48-32-30-44(36-51(48)41-20-8-2-9-21-41)46-37-52(62-65-60(42-22-10-3-11-23-42)64-61(66-62)43-24-12-4-13-25-43)59(63-39-46)45-31-33-50-56(38-45)68-55-35-34-54-57(58(50)55)49-28-16-17-29-53(49)67(54)47-26-14-5-15-27-47/h1-39H. The van der Waals surface area contributed by atoms with E-state index in [4.69, 9.17) is 24.4 Å². The van der Waals surface area contributed by atoms with Crippen molar-refractivity contribution >= 4 is 43.7 Å². The smallest absolute Gasteiger partial charge is 0.166 e. The first kappa shape index (κ1) is 39.1. The second-order valence-electron chi connectivity index (χ2n) is 17.0. The highest BCUT2D eigenvalue weighted by Crippen LogP contribution is 2.44. The number of pyridine rings is 1. The van der Waals surface area contributed by atoms with E-state index in [1.165, 1.54) is 5.39 Å². The highest BCUT2D eigenvalue weighted by Gasteiger charge is 2.22. The molecule has 6 heteroatoms. The van der Waals surface area contributed by atoms with Gasteiger partial charge in [-0.2, -0.15) is 0 Å². The van der Waals surface area contributed by atoms with Crippen molar-refractivity contribution in [1.82, 2.24) is 24.5 Å². The van der Waals surface area contributed by atoms with Crippen LogP contribution < -0.4 is 0 Å². The fourth-order valence-corrected chi connectivity index (χ4v) is 9.73. The zero-order valence-electron chi connectivity index (χ0n) is 36.7. The van der Waals surface area contributed by atoms with Gasteiger partial charge in [0.1, 0.15) is 11.2 Å². The molecule has 13 rings (SSSR count). The molecule has 0 unspecified atom stereocenters. The van der Waals surface area contributed by atoms with Crippen LogP contribution in [0.25, 0.3) is 128 Å². The van der Waals surface area contributed by atoms with Crippen molar-refractivity contribution in [2.75, 3.05) is 0 Å². The van der Waals surface area contributed by atoms with Gasteiger partial charge in [-0.1, -0.05) is 176 Å². The summed E-state index contributed by atoms with van der Waals surface area (Å²) in [5, 5.41) is 4.46. The molecule has 318 valence electrons. The molecule has 6 nitrogen and oxygen atoms in total. The monoisotopic (exact) mass is 869 g/mol. The molecular weight excluding hydrogens is 831 g/mol. The van der Waals surface area contributed by atoms with Crippen LogP contribution >= 0.6 is 0 Å². The van der Waals surface area contributed by atoms with Crippen LogP contribution in [0.15, 0.2) is 241 Å². The van der Waals surface area contributed by atoms with Gasteiger partial charge in [0.05, 0.1) is 16.7 Å². The highest BCUT2D eigenvalue weighted by molar-refractivity contribution is 6.27. The van der Waals surface area contributed by atoms with E-state index in [1.54, 1.807) is 0 Å². The second-order valence-corrected chi connectivity index (χ2v) is 17.0. The van der Waals surface area contributed by atoms with Crippen LogP contribution in [0, 0.1) is 0 Å². The second kappa shape index (κ2) is 16.3. The minimum absolute atomic E-state index is 0.520. The minimum Gasteiger partial charge on any atom is -0.456 e. The first-order valence-corrected chi connectivity index (χ1v) is 22.8. The number of furan rings is 1. The van der Waals surface area contributed by atoms with Crippen LogP contribution in [0.1, 0.15) is 0 Å². The van der Waals surface area contributed by atoms with Gasteiger partial charge in [0.2, 0.25) is 0 Å². The van der Waals surface area contributed by atoms with Crippen molar-refractivity contribution in [2.24, 2.45) is 0 Å². The van der Waals surface area contributed by atoms with Gasteiger partial charge in [0, 0.05) is 61.2 Å². The molecule has 0 saturated carbocycles. The molecule has 0 fully saturated rings. The van der Waals surface area contributed by atoms with Crippen molar-refractivity contribution in [3.8, 4) is 84.5 Å². The summed E-state index contributed by atoms with van der Waals surface area (Å²) < 4.78 is 9.15. The van der Waals surface area contributed by atoms with Gasteiger partial charge in [-0.3, -0.25) is 4.98 Å². The summed E-state index contributed by atoms with van der Waals surface area (Å²) in [7, 11) is 0. The van der Waals surface area contributed by atoms with Crippen LogP contribution in [0.3, 0.4) is 0 Å². The SMILES string of the molecule is c1ccc(-c2nc(-c3ccccc3)nc(-c3cc(-c4ccc(-c5ccccc5)c(-c5ccccc5)c4)cnc3-c3ccc4c(c3)oc3ccc5c(c6ccccc6n5-c5ccccc5)c34)n2)cc1. The van der Waals surface area contributed by atoms with Crippen molar-refractivity contribution < 1.29 is 4.42 Å². The topological polar surface area (TPSA) is 69.6 Å². The lowest BCUT2D eigenvalue weighted by Gasteiger charge is -2.15. The van der Waals surface area contributed by atoms with E-state index in [-0.39, 0.29) is 0 Å². The first-order valence-electron chi connectivity index (χ1n) is 22.8. The molecule has 0 N–H and O–H groups in total. The Morgan fingerprint density at radius 2 is 0.882 bits per heavy atom. The van der Waals surface area contributed by atoms with Crippen LogP contribution in [-0.2, 0) is 0 Å². The van der Waals surface area contributed by atoms with E-state index in [0.717, 1.165) is 105 Å². The van der Waals surface area contributed by atoms with Gasteiger partial charge in [-0.05, 0) is 82.4 Å². The van der Waals surface area contributed by atoms with E-state index in [0.29, 0.717) is 17.5 Å². The number of rotatable bonds is 8. The van der Waals surface area contributed by atoms with Crippen LogP contribution in [0.5, 0.6) is 0 Å². The predicted molar refractivity (Wildman–Crippen MR) is 277 cm³/mol. The van der Waals surface area contributed by atoms with Crippen LogP contribution in [0.2, 0.25) is 0 Å². The molecular formula is C62H39N5O. The first-order chi connectivity index (χ1) is 33.7. The molecule has 0 atom stereocenters. The summed E-state index contributed by atoms with van der Waals surface area (Å²) in [6, 6.07) is 80.0. The Bertz CT molecular complexity index is 3940. The maximum Gasteiger partial charge on any atom is 0.166 e. The number of fused-ring (bicyclic) bond motifs is 7. The maximum atomic E-state index is 6.80. The number of hydrogen-bond donors (Lipinski definition) is 0. The van der Waals surface area contributed by atoms with Crippen LogP contribution in [0.4, 0.5) is 0 Å². The molecule has 0 aliphatic heterocycles. The molecule has 0 bridgehead atoms. The van der Waals surface area contributed by atoms with Gasteiger partial charge in [-0.15, -0.1) is 0 Å². The van der Waals surface area contributed by atoms with Gasteiger partial charge in [-0.25, -0.2) is 15.0 Å². The third-order valence-corrected chi connectivity index (χ3v) is 12.9. The Morgan fingerprint density at radius 1 is 0.324 bits per heavy atom. The highest BCUT2D eigenvalue weighted by atomic mass is 16.3. The number of nitrogens with zero attached hydrogens (tertiary/aromatic N) is 5. The summed E-state index contributed by atoms with van der Waals surface area (Å²) in [4.78, 5) is 20.8. The van der Waals surface area contributed by atoms with E-state index in [9.17, 15) is 0 Å². The third kappa shape index (κ3) is 6.74. The molecule has 68 heavy (non-hydrogen) atoms. The lowest BCUT2D eigenvalue weighted by molar-refractivity contribution is 0.669. The van der Waals surface area contributed by atoms with Crippen molar-refractivity contribution in [1.29, 1.82) is 0 Å². The van der Waals surface area contributed by atoms with E-state index in [2.05, 4.69) is 174 Å². The summed E-state index contributed by atoms with van der Waals surface area (Å²) >= 11 is 0. The Morgan fingerprint density at radius 3 is 1.56 bits per heavy atom. The third-order valence-electron chi connectivity index (χ3n) is 12.9. The van der Waals surface area contributed by atoms with Gasteiger partial charge in [0.25, 0.3) is 0 Å². The Hall–Kier alpha value is -9.26. The van der Waals surface area contributed by atoms with E-state index < -0.39 is 0 Å². The van der Waals surface area contributed by atoms with E-state index >= 15 is 0 Å². The quantitative estimate of drug-likeness (QED) is 0.152. The number of aromatic nitrogens is 5. The summed E-state index contributed by atoms with van der Waals surface area (Å²) in [5.74, 6) is 1.68. The minimum atomic E-state index is 0.520. The van der Waals surface area contributed by atoms with Crippen molar-refractivity contribution in [2.45, 2.75) is 0 Å². The van der Waals surface area contributed by atoms with Gasteiger partial charge in [0.15, 0.2) is 17.5 Å². The zero-order valence-corrected chi connectivity index (χ0v) is 36.7. The predicted octanol–water partition coefficient (Wildman–Crippen LogP) is 15.9. The van der Waals surface area contributed by atoms with Crippen molar-refractivity contribution in [3.63, 3.8) is 0 Å². The lowest BCUT2D eigenvalue weighted by atomic mass is 9.91. The lowest BCUT2D eigenvalue weighted by Crippen LogP contribution is -2.02. The summed E-state index contributed by atoms with van der Waals surface area (Å²) in [5.41, 5.74) is 15.7. The molecule has 0 spiro atoms. The molecule has 4 heterocycles. The number of hydrogen-bond acceptors (Lipinski definition) is 5. The van der Waals surface area contributed by atoms with E-state index in [1.807, 2.05) is 66.9 Å². The average molecular weight is 870 g/mol. The Balaban J connectivity index is 1.03. The van der Waals surface area contributed by atoms with Crippen molar-refractivity contribution in [3.05, 3.63) is 237 Å². The maximum absolute atomic E-state index is 6.80. The summed E-state index contributed by atoms with van der Waals surface area (Å²) in [6.07, 6.45) is 1.97. The zero-order chi connectivity index (χ0) is 45.0. The normalized spacial score (nSPS) is 11.5. The molecule has 9 aromatic carbocycles. The molecule has 0 radical (unpaired) electrons. The molecule has 0 saturated heterocycles. The fourth-order valence-electron chi connectivity index (χ4n) is 9.73. The largest absolute Gasteiger partial charge is 0.456 e. The molecule has 13 aromatic rings. The number of benzene rings is 9. The molecule has 0 aliphatic carbocycles.